The van der Waals surface area contributed by atoms with Gasteiger partial charge in [0.2, 0.25) is 0 Å². The van der Waals surface area contributed by atoms with Gasteiger partial charge in [0.1, 0.15) is 5.82 Å². The zero-order valence-corrected chi connectivity index (χ0v) is 10.3. The highest BCUT2D eigenvalue weighted by Gasteiger charge is 2.46. The van der Waals surface area contributed by atoms with Crippen LogP contribution in [0.2, 0.25) is 0 Å². The van der Waals surface area contributed by atoms with E-state index in [0.717, 1.165) is 24.0 Å². The van der Waals surface area contributed by atoms with Crippen molar-refractivity contribution in [3.05, 3.63) is 33.0 Å². The number of halogens is 2. The molecule has 1 aromatic rings. The largest absolute Gasteiger partial charge is 0.205 e. The maximum absolute atomic E-state index is 13.8. The standard InChI is InChI=1S/C12H11BrFN/c1-7-5-9(12(6-15)3-4-12)8(2)11(14)10(7)13/h5H,3-4H2,1-2H3. The van der Waals surface area contributed by atoms with Gasteiger partial charge in [-0.25, -0.2) is 4.39 Å². The zero-order chi connectivity index (χ0) is 11.2. The highest BCUT2D eigenvalue weighted by Crippen LogP contribution is 2.49. The normalized spacial score (nSPS) is 17.3. The summed E-state index contributed by atoms with van der Waals surface area (Å²) in [6, 6.07) is 4.23. The van der Waals surface area contributed by atoms with Gasteiger partial charge in [-0.1, -0.05) is 6.07 Å². The van der Waals surface area contributed by atoms with Crippen molar-refractivity contribution < 1.29 is 4.39 Å². The minimum Gasteiger partial charge on any atom is -0.205 e. The number of nitriles is 1. The summed E-state index contributed by atoms with van der Waals surface area (Å²) in [5.41, 5.74) is 1.92. The third-order valence-electron chi connectivity index (χ3n) is 3.11. The molecule has 78 valence electrons. The molecule has 0 radical (unpaired) electrons. The van der Waals surface area contributed by atoms with E-state index in [9.17, 15) is 4.39 Å². The Labute approximate surface area is 97.0 Å². The molecule has 0 N–H and O–H groups in total. The predicted octanol–water partition coefficient (Wildman–Crippen LogP) is 3.76. The highest BCUT2D eigenvalue weighted by molar-refractivity contribution is 9.10. The second-order valence-corrected chi connectivity index (χ2v) is 4.98. The number of hydrogen-bond donors (Lipinski definition) is 0. The molecule has 0 amide bonds. The van der Waals surface area contributed by atoms with E-state index in [0.29, 0.717) is 10.0 Å². The fourth-order valence-corrected chi connectivity index (χ4v) is 2.32. The zero-order valence-electron chi connectivity index (χ0n) is 8.69. The number of hydrogen-bond acceptors (Lipinski definition) is 1. The van der Waals surface area contributed by atoms with E-state index in [1.807, 2.05) is 13.0 Å². The van der Waals surface area contributed by atoms with Crippen molar-refractivity contribution in [2.24, 2.45) is 0 Å². The van der Waals surface area contributed by atoms with Gasteiger partial charge in [-0.05, 0) is 59.3 Å². The minimum absolute atomic E-state index is 0.230. The van der Waals surface area contributed by atoms with Crippen molar-refractivity contribution in [1.82, 2.24) is 0 Å². The molecular weight excluding hydrogens is 257 g/mol. The smallest absolute Gasteiger partial charge is 0.140 e. The molecule has 0 bridgehead atoms. The molecule has 0 aliphatic heterocycles. The lowest BCUT2D eigenvalue weighted by Gasteiger charge is -2.14. The fraction of sp³-hybridized carbons (Fsp3) is 0.417. The Morgan fingerprint density at radius 3 is 2.53 bits per heavy atom. The summed E-state index contributed by atoms with van der Waals surface area (Å²) in [7, 11) is 0. The number of nitrogens with zero attached hydrogens (tertiary/aromatic N) is 1. The molecule has 0 saturated heterocycles. The summed E-state index contributed by atoms with van der Waals surface area (Å²) in [6.07, 6.45) is 1.70. The molecule has 1 nitrogen and oxygen atoms in total. The summed E-state index contributed by atoms with van der Waals surface area (Å²) in [6.45, 7) is 3.59. The first-order valence-corrected chi connectivity index (χ1v) is 5.68. The highest BCUT2D eigenvalue weighted by atomic mass is 79.9. The summed E-state index contributed by atoms with van der Waals surface area (Å²) in [5, 5.41) is 9.10. The van der Waals surface area contributed by atoms with E-state index in [1.165, 1.54) is 0 Å². The maximum atomic E-state index is 13.8. The summed E-state index contributed by atoms with van der Waals surface area (Å²) in [5.74, 6) is -0.230. The van der Waals surface area contributed by atoms with Gasteiger partial charge in [-0.2, -0.15) is 5.26 Å². The molecule has 0 heterocycles. The molecule has 0 aromatic heterocycles. The van der Waals surface area contributed by atoms with Gasteiger partial charge in [0.05, 0.1) is 16.0 Å². The summed E-state index contributed by atoms with van der Waals surface area (Å²) >= 11 is 3.22. The average molecular weight is 268 g/mol. The first kappa shape index (κ1) is 10.6. The molecule has 15 heavy (non-hydrogen) atoms. The molecule has 0 spiro atoms. The van der Waals surface area contributed by atoms with Crippen LogP contribution in [0, 0.1) is 31.0 Å². The average Bonchev–Trinajstić information content (AvgIpc) is 3.01. The second-order valence-electron chi connectivity index (χ2n) is 4.19. The molecule has 1 aliphatic rings. The van der Waals surface area contributed by atoms with E-state index in [4.69, 9.17) is 5.26 Å². The van der Waals surface area contributed by atoms with Gasteiger partial charge in [0, 0.05) is 0 Å². The lowest BCUT2D eigenvalue weighted by Crippen LogP contribution is -2.08. The second kappa shape index (κ2) is 3.31. The Hall–Kier alpha value is -0.880. The fourth-order valence-electron chi connectivity index (χ4n) is 1.91. The van der Waals surface area contributed by atoms with E-state index in [2.05, 4.69) is 22.0 Å². The summed E-state index contributed by atoms with van der Waals surface area (Å²) in [4.78, 5) is 0. The third-order valence-corrected chi connectivity index (χ3v) is 4.09. The van der Waals surface area contributed by atoms with Crippen LogP contribution < -0.4 is 0 Å². The molecule has 0 atom stereocenters. The number of aryl methyl sites for hydroxylation is 1. The Balaban J connectivity index is 2.65. The number of benzene rings is 1. The van der Waals surface area contributed by atoms with Crippen molar-refractivity contribution >= 4 is 15.9 Å². The van der Waals surface area contributed by atoms with Crippen LogP contribution in [0.5, 0.6) is 0 Å². The van der Waals surface area contributed by atoms with Gasteiger partial charge in [-0.3, -0.25) is 0 Å². The predicted molar refractivity (Wildman–Crippen MR) is 60.1 cm³/mol. The summed E-state index contributed by atoms with van der Waals surface area (Å²) < 4.78 is 14.3. The van der Waals surface area contributed by atoms with Crippen LogP contribution in [0.15, 0.2) is 10.5 Å². The Morgan fingerprint density at radius 2 is 2.07 bits per heavy atom. The van der Waals surface area contributed by atoms with E-state index >= 15 is 0 Å². The third kappa shape index (κ3) is 1.48. The van der Waals surface area contributed by atoms with Crippen LogP contribution in [-0.4, -0.2) is 0 Å². The van der Waals surface area contributed by atoms with Gasteiger partial charge in [-0.15, -0.1) is 0 Å². The molecule has 0 unspecified atom stereocenters. The lowest BCUT2D eigenvalue weighted by atomic mass is 9.91. The monoisotopic (exact) mass is 267 g/mol. The lowest BCUT2D eigenvalue weighted by molar-refractivity contribution is 0.604. The van der Waals surface area contributed by atoms with E-state index in [-0.39, 0.29) is 5.82 Å². The molecule has 1 saturated carbocycles. The molecular formula is C12H11BrFN. The van der Waals surface area contributed by atoms with Gasteiger partial charge in [0.25, 0.3) is 0 Å². The molecule has 1 fully saturated rings. The quantitative estimate of drug-likeness (QED) is 0.760. The van der Waals surface area contributed by atoms with E-state index in [1.54, 1.807) is 6.92 Å². The first-order valence-electron chi connectivity index (χ1n) is 4.89. The van der Waals surface area contributed by atoms with Crippen molar-refractivity contribution in [2.75, 3.05) is 0 Å². The van der Waals surface area contributed by atoms with Crippen LogP contribution in [-0.2, 0) is 5.41 Å². The Bertz CT molecular complexity index is 469. The molecule has 1 aromatic carbocycles. The van der Waals surface area contributed by atoms with Crippen LogP contribution in [0.1, 0.15) is 29.5 Å². The van der Waals surface area contributed by atoms with Crippen LogP contribution >= 0.6 is 15.9 Å². The van der Waals surface area contributed by atoms with Crippen LogP contribution in [0.3, 0.4) is 0 Å². The minimum atomic E-state index is -0.406. The SMILES string of the molecule is Cc1cc(C2(C#N)CC2)c(C)c(F)c1Br. The van der Waals surface area contributed by atoms with Crippen LogP contribution in [0.4, 0.5) is 4.39 Å². The van der Waals surface area contributed by atoms with Gasteiger partial charge >= 0.3 is 0 Å². The molecule has 1 aliphatic carbocycles. The Morgan fingerprint density at radius 1 is 1.47 bits per heavy atom. The number of rotatable bonds is 1. The topological polar surface area (TPSA) is 23.8 Å². The van der Waals surface area contributed by atoms with E-state index < -0.39 is 5.41 Å². The van der Waals surface area contributed by atoms with Crippen molar-refractivity contribution in [2.45, 2.75) is 32.1 Å². The molecule has 2 rings (SSSR count). The van der Waals surface area contributed by atoms with Gasteiger partial charge in [0.15, 0.2) is 0 Å². The maximum Gasteiger partial charge on any atom is 0.140 e. The van der Waals surface area contributed by atoms with Crippen molar-refractivity contribution in [1.29, 1.82) is 5.26 Å². The van der Waals surface area contributed by atoms with Gasteiger partial charge < -0.3 is 0 Å². The van der Waals surface area contributed by atoms with Crippen molar-refractivity contribution in [3.8, 4) is 6.07 Å². The first-order chi connectivity index (χ1) is 7.02. The van der Waals surface area contributed by atoms with Crippen molar-refractivity contribution in [3.63, 3.8) is 0 Å². The van der Waals surface area contributed by atoms with Crippen LogP contribution in [0.25, 0.3) is 0 Å². The Kier molecular flexibility index (Phi) is 2.35. The molecule has 3 heteroatoms.